The van der Waals surface area contributed by atoms with E-state index in [1.54, 1.807) is 36.4 Å². The molecule has 0 aliphatic heterocycles. The van der Waals surface area contributed by atoms with Crippen LogP contribution in [0.25, 0.3) is 0 Å². The number of ketones is 1. The van der Waals surface area contributed by atoms with Crippen molar-refractivity contribution in [2.75, 3.05) is 13.7 Å². The predicted octanol–water partition coefficient (Wildman–Crippen LogP) is 4.52. The molecule has 0 fully saturated rings. The highest BCUT2D eigenvalue weighted by Gasteiger charge is 2.31. The van der Waals surface area contributed by atoms with Gasteiger partial charge in [0.2, 0.25) is 5.78 Å². The van der Waals surface area contributed by atoms with Crippen LogP contribution in [0.5, 0.6) is 0 Å². The van der Waals surface area contributed by atoms with E-state index in [1.165, 1.54) is 7.11 Å². The van der Waals surface area contributed by atoms with E-state index in [9.17, 15) is 9.59 Å². The molecule has 0 aliphatic carbocycles. The third-order valence-corrected chi connectivity index (χ3v) is 4.02. The Morgan fingerprint density at radius 1 is 1.04 bits per heavy atom. The van der Waals surface area contributed by atoms with Crippen LogP contribution in [0.1, 0.15) is 31.8 Å². The van der Waals surface area contributed by atoms with E-state index in [1.807, 2.05) is 19.1 Å². The Morgan fingerprint density at radius 3 is 2.15 bits per heavy atom. The number of esters is 1. The minimum Gasteiger partial charge on any atom is -0.465 e. The molecule has 0 amide bonds. The van der Waals surface area contributed by atoms with Gasteiger partial charge in [-0.1, -0.05) is 77.3 Å². The Balaban J connectivity index is 0.000000263. The van der Waals surface area contributed by atoms with Crippen molar-refractivity contribution in [2.24, 2.45) is 5.73 Å². The fraction of sp³-hybridized carbons (Fsp3) is 0.263. The maximum absolute atomic E-state index is 11.4. The van der Waals surface area contributed by atoms with Crippen LogP contribution in [-0.2, 0) is 11.2 Å². The molecule has 0 aliphatic rings. The van der Waals surface area contributed by atoms with E-state index in [0.717, 1.165) is 11.1 Å². The van der Waals surface area contributed by atoms with Crippen molar-refractivity contribution in [2.45, 2.75) is 17.1 Å². The van der Waals surface area contributed by atoms with E-state index in [-0.39, 0.29) is 5.97 Å². The number of hydrogen-bond acceptors (Lipinski definition) is 4. The van der Waals surface area contributed by atoms with Crippen LogP contribution in [0.4, 0.5) is 0 Å². The smallest absolute Gasteiger partial charge is 0.338 e. The average Bonchev–Trinajstić information content (AvgIpc) is 2.62. The third-order valence-electron chi connectivity index (χ3n) is 3.50. The van der Waals surface area contributed by atoms with Crippen LogP contribution in [-0.4, -0.2) is 29.2 Å². The Labute approximate surface area is 168 Å². The van der Waals surface area contributed by atoms with Crippen LogP contribution >= 0.6 is 34.8 Å². The molecular weight excluding hydrogens is 397 g/mol. The van der Waals surface area contributed by atoms with Crippen molar-refractivity contribution in [1.82, 2.24) is 0 Å². The van der Waals surface area contributed by atoms with Crippen molar-refractivity contribution in [1.29, 1.82) is 0 Å². The first-order valence-corrected chi connectivity index (χ1v) is 8.89. The van der Waals surface area contributed by atoms with Crippen molar-refractivity contribution < 1.29 is 14.3 Å². The predicted molar refractivity (Wildman–Crippen MR) is 106 cm³/mol. The summed E-state index contributed by atoms with van der Waals surface area (Å²) >= 11 is 16.2. The Morgan fingerprint density at radius 2 is 1.65 bits per heavy atom. The number of carbonyl (C=O) groups excluding carboxylic acids is 2. The molecule has 2 aromatic carbocycles. The lowest BCUT2D eigenvalue weighted by atomic mass is 9.99. The molecular formula is C19H20Cl3NO3. The van der Waals surface area contributed by atoms with Gasteiger partial charge in [0.25, 0.3) is 3.79 Å². The summed E-state index contributed by atoms with van der Waals surface area (Å²) in [5.41, 5.74) is 8.58. The van der Waals surface area contributed by atoms with Gasteiger partial charge in [-0.3, -0.25) is 4.79 Å². The molecule has 2 N–H and O–H groups in total. The lowest BCUT2D eigenvalue weighted by Crippen LogP contribution is -2.18. The normalized spacial score (nSPS) is 10.5. The number of carbonyl (C=O) groups is 2. The molecule has 4 nitrogen and oxygen atoms in total. The Bertz CT molecular complexity index is 743. The fourth-order valence-corrected chi connectivity index (χ4v) is 2.56. The van der Waals surface area contributed by atoms with Gasteiger partial charge in [-0.25, -0.2) is 4.79 Å². The maximum Gasteiger partial charge on any atom is 0.338 e. The number of aryl methyl sites for hydroxylation is 1. The monoisotopic (exact) mass is 415 g/mol. The number of ether oxygens (including phenoxy) is 1. The molecule has 0 saturated heterocycles. The van der Waals surface area contributed by atoms with Crippen molar-refractivity contribution in [3.8, 4) is 0 Å². The number of benzene rings is 2. The standard InChI is InChI=1S/C11H15NO2.C8H5Cl3O/c1-8-4-3-5-10(11(13)14-2)9(8)6-7-12;9-8(10,11)7(12)6-4-2-1-3-5-6/h3-5H,6-7,12H2,1-2H3;1-5H. The molecule has 0 heterocycles. The van der Waals surface area contributed by atoms with Gasteiger partial charge in [-0.2, -0.15) is 0 Å². The van der Waals surface area contributed by atoms with E-state index in [4.69, 9.17) is 45.3 Å². The summed E-state index contributed by atoms with van der Waals surface area (Å²) in [5, 5.41) is 0. The van der Waals surface area contributed by atoms with Gasteiger partial charge in [-0.05, 0) is 37.1 Å². The first-order valence-electron chi connectivity index (χ1n) is 7.75. The second-order valence-electron chi connectivity index (χ2n) is 5.32. The summed E-state index contributed by atoms with van der Waals surface area (Å²) in [6.07, 6.45) is 0.705. The van der Waals surface area contributed by atoms with Gasteiger partial charge in [-0.15, -0.1) is 0 Å². The molecule has 140 valence electrons. The maximum atomic E-state index is 11.4. The fourth-order valence-electron chi connectivity index (χ4n) is 2.23. The van der Waals surface area contributed by atoms with Crippen LogP contribution in [0.3, 0.4) is 0 Å². The Hall–Kier alpha value is -1.59. The highest BCUT2D eigenvalue weighted by molar-refractivity contribution is 6.77. The zero-order chi connectivity index (χ0) is 19.7. The lowest BCUT2D eigenvalue weighted by Gasteiger charge is -2.09. The molecule has 0 saturated carbocycles. The van der Waals surface area contributed by atoms with E-state index in [0.29, 0.717) is 24.1 Å². The minimum absolute atomic E-state index is 0.294. The molecule has 7 heteroatoms. The van der Waals surface area contributed by atoms with Crippen LogP contribution in [0.15, 0.2) is 48.5 Å². The van der Waals surface area contributed by atoms with E-state index < -0.39 is 9.58 Å². The summed E-state index contributed by atoms with van der Waals surface area (Å²) in [6, 6.07) is 14.0. The SMILES string of the molecule is COC(=O)c1cccc(C)c1CCN.O=C(c1ccccc1)C(Cl)(Cl)Cl. The number of nitrogens with two attached hydrogens (primary N) is 1. The first kappa shape index (κ1) is 22.5. The van der Waals surface area contributed by atoms with Crippen LogP contribution in [0, 0.1) is 6.92 Å². The highest BCUT2D eigenvalue weighted by atomic mass is 35.6. The summed E-state index contributed by atoms with van der Waals surface area (Å²) in [4.78, 5) is 22.7. The largest absolute Gasteiger partial charge is 0.465 e. The highest BCUT2D eigenvalue weighted by Crippen LogP contribution is 2.30. The molecule has 0 unspecified atom stereocenters. The molecule has 0 atom stereocenters. The molecule has 0 bridgehead atoms. The summed E-state index contributed by atoms with van der Waals surface area (Å²) in [7, 11) is 1.39. The number of halogens is 3. The van der Waals surface area contributed by atoms with E-state index in [2.05, 4.69) is 0 Å². The number of rotatable bonds is 4. The average molecular weight is 417 g/mol. The lowest BCUT2D eigenvalue weighted by molar-refractivity contribution is 0.0599. The summed E-state index contributed by atoms with van der Waals surface area (Å²) in [6.45, 7) is 2.51. The molecule has 0 aromatic heterocycles. The molecule has 0 radical (unpaired) electrons. The number of alkyl halides is 3. The van der Waals surface area contributed by atoms with E-state index >= 15 is 0 Å². The molecule has 2 aromatic rings. The second kappa shape index (κ2) is 10.5. The summed E-state index contributed by atoms with van der Waals surface area (Å²) in [5.74, 6) is -0.801. The van der Waals surface area contributed by atoms with Gasteiger partial charge in [0.15, 0.2) is 0 Å². The van der Waals surface area contributed by atoms with Crippen molar-refractivity contribution in [3.63, 3.8) is 0 Å². The minimum atomic E-state index is -1.86. The zero-order valence-electron chi connectivity index (χ0n) is 14.5. The first-order chi connectivity index (χ1) is 12.2. The number of hydrogen-bond donors (Lipinski definition) is 1. The van der Waals surface area contributed by atoms with Gasteiger partial charge >= 0.3 is 5.97 Å². The summed E-state index contributed by atoms with van der Waals surface area (Å²) < 4.78 is 2.84. The molecule has 26 heavy (non-hydrogen) atoms. The Kier molecular flexibility index (Phi) is 9.09. The molecule has 0 spiro atoms. The van der Waals surface area contributed by atoms with Crippen LogP contribution < -0.4 is 5.73 Å². The van der Waals surface area contributed by atoms with Crippen molar-refractivity contribution in [3.05, 3.63) is 70.8 Å². The van der Waals surface area contributed by atoms with Crippen LogP contribution in [0.2, 0.25) is 0 Å². The van der Waals surface area contributed by atoms with Crippen molar-refractivity contribution >= 4 is 46.6 Å². The quantitative estimate of drug-likeness (QED) is 0.452. The van der Waals surface area contributed by atoms with Gasteiger partial charge < -0.3 is 10.5 Å². The topological polar surface area (TPSA) is 69.4 Å². The molecule has 2 rings (SSSR count). The number of Topliss-reactive ketones (excluding diaryl/α,β-unsaturated/α-hetero) is 1. The van der Waals surface area contributed by atoms with Gasteiger partial charge in [0, 0.05) is 5.56 Å². The number of methoxy groups -OCH3 is 1. The van der Waals surface area contributed by atoms with Gasteiger partial charge in [0.1, 0.15) is 0 Å². The second-order valence-corrected chi connectivity index (χ2v) is 7.61. The third kappa shape index (κ3) is 6.61. The zero-order valence-corrected chi connectivity index (χ0v) is 16.7. The van der Waals surface area contributed by atoms with Gasteiger partial charge in [0.05, 0.1) is 12.7 Å².